The van der Waals surface area contributed by atoms with Crippen LogP contribution < -0.4 is 9.64 Å². The summed E-state index contributed by atoms with van der Waals surface area (Å²) < 4.78 is 37.7. The lowest BCUT2D eigenvalue weighted by molar-refractivity contribution is 0.0296. The van der Waals surface area contributed by atoms with Gasteiger partial charge in [-0.15, -0.1) is 0 Å². The molecular formula is C34H36ClF2N5O2. The molecule has 230 valence electrons. The predicted molar refractivity (Wildman–Crippen MR) is 170 cm³/mol. The molecule has 7 nitrogen and oxygen atoms in total. The van der Waals surface area contributed by atoms with Gasteiger partial charge in [-0.2, -0.15) is 9.97 Å². The topological polar surface area (TPSA) is 65.0 Å². The number of hydrogen-bond acceptors (Lipinski definition) is 7. The number of piperazine rings is 1. The Morgan fingerprint density at radius 2 is 1.86 bits per heavy atom. The van der Waals surface area contributed by atoms with Gasteiger partial charge in [-0.3, -0.25) is 9.80 Å². The van der Waals surface area contributed by atoms with Gasteiger partial charge in [0.05, 0.1) is 10.6 Å². The summed E-state index contributed by atoms with van der Waals surface area (Å²) >= 11 is 6.43. The van der Waals surface area contributed by atoms with Gasteiger partial charge in [-0.05, 0) is 74.9 Å². The molecule has 3 aliphatic heterocycles. The maximum absolute atomic E-state index is 16.7. The Bertz CT molecular complexity index is 1740. The molecule has 4 aromatic rings. The van der Waals surface area contributed by atoms with Crippen LogP contribution in [0.25, 0.3) is 32.8 Å². The minimum Gasteiger partial charge on any atom is -0.461 e. The largest absolute Gasteiger partial charge is 0.461 e. The van der Waals surface area contributed by atoms with Crippen LogP contribution in [0.4, 0.5) is 14.6 Å². The van der Waals surface area contributed by atoms with Crippen LogP contribution in [0.1, 0.15) is 32.6 Å². The zero-order chi connectivity index (χ0) is 30.6. The minimum absolute atomic E-state index is 0.0254. The molecule has 1 N–H and O–H groups in total. The fourth-order valence-corrected chi connectivity index (χ4v) is 7.77. The van der Waals surface area contributed by atoms with Crippen molar-refractivity contribution in [2.45, 2.75) is 50.4 Å². The highest BCUT2D eigenvalue weighted by Gasteiger charge is 2.45. The number of hydrogen-bond donors (Lipinski definition) is 1. The lowest BCUT2D eigenvalue weighted by Gasteiger charge is -2.42. The number of halogens is 3. The second-order valence-electron chi connectivity index (χ2n) is 12.3. The van der Waals surface area contributed by atoms with Gasteiger partial charge in [-0.1, -0.05) is 48.5 Å². The van der Waals surface area contributed by atoms with E-state index in [1.54, 1.807) is 18.2 Å². The number of ether oxygens (including phenoxy) is 1. The number of anilines is 1. The molecule has 0 aliphatic carbocycles. The van der Waals surface area contributed by atoms with Gasteiger partial charge in [0.15, 0.2) is 5.82 Å². The summed E-state index contributed by atoms with van der Waals surface area (Å²) in [5.74, 6) is -0.515. The average Bonchev–Trinajstić information content (AvgIpc) is 3.62. The van der Waals surface area contributed by atoms with Crippen molar-refractivity contribution in [3.63, 3.8) is 0 Å². The lowest BCUT2D eigenvalue weighted by atomic mass is 9.95. The van der Waals surface area contributed by atoms with Gasteiger partial charge >= 0.3 is 6.01 Å². The molecule has 44 heavy (non-hydrogen) atoms. The zero-order valence-electron chi connectivity index (χ0n) is 24.8. The Hall–Kier alpha value is -3.37. The number of aliphatic hydroxyl groups is 1. The molecule has 0 bridgehead atoms. The number of aliphatic hydroxyl groups excluding tert-OH is 1. The van der Waals surface area contributed by atoms with E-state index in [-0.39, 0.29) is 33.7 Å². The van der Waals surface area contributed by atoms with Crippen LogP contribution in [0.3, 0.4) is 0 Å². The Balaban J connectivity index is 1.34. The van der Waals surface area contributed by atoms with Gasteiger partial charge in [-0.25, -0.2) is 8.78 Å². The first-order valence-electron chi connectivity index (χ1n) is 15.4. The Kier molecular flexibility index (Phi) is 7.69. The molecule has 4 heterocycles. The van der Waals surface area contributed by atoms with Crippen LogP contribution >= 0.6 is 11.6 Å². The van der Waals surface area contributed by atoms with E-state index in [1.165, 1.54) is 12.1 Å². The van der Waals surface area contributed by atoms with Gasteiger partial charge in [0.25, 0.3) is 0 Å². The summed E-state index contributed by atoms with van der Waals surface area (Å²) in [6.45, 7) is 10.1. The van der Waals surface area contributed by atoms with E-state index in [4.69, 9.17) is 21.3 Å². The van der Waals surface area contributed by atoms with Gasteiger partial charge < -0.3 is 14.7 Å². The van der Waals surface area contributed by atoms with Crippen molar-refractivity contribution >= 4 is 39.1 Å². The molecule has 1 unspecified atom stereocenters. The molecule has 0 amide bonds. The van der Waals surface area contributed by atoms with E-state index < -0.39 is 17.9 Å². The normalized spacial score (nSPS) is 21.2. The van der Waals surface area contributed by atoms with E-state index in [9.17, 15) is 9.50 Å². The van der Waals surface area contributed by atoms with Crippen molar-refractivity contribution in [3.8, 4) is 17.1 Å². The number of benzene rings is 3. The molecule has 0 spiro atoms. The quantitative estimate of drug-likeness (QED) is 0.240. The fourth-order valence-electron chi connectivity index (χ4n) is 7.50. The molecule has 3 fully saturated rings. The summed E-state index contributed by atoms with van der Waals surface area (Å²) in [6.07, 6.45) is 5.18. The number of aromatic nitrogens is 2. The second kappa shape index (κ2) is 11.5. The van der Waals surface area contributed by atoms with Gasteiger partial charge in [0, 0.05) is 42.0 Å². The minimum atomic E-state index is -0.738. The zero-order valence-corrected chi connectivity index (χ0v) is 25.5. The van der Waals surface area contributed by atoms with Crippen molar-refractivity contribution in [2.75, 3.05) is 44.2 Å². The maximum Gasteiger partial charge on any atom is 0.319 e. The highest BCUT2D eigenvalue weighted by molar-refractivity contribution is 6.37. The highest BCUT2D eigenvalue weighted by atomic mass is 35.5. The van der Waals surface area contributed by atoms with Crippen LogP contribution in [-0.4, -0.2) is 82.0 Å². The van der Waals surface area contributed by atoms with Crippen LogP contribution in [-0.2, 0) is 0 Å². The van der Waals surface area contributed by atoms with E-state index in [0.29, 0.717) is 53.8 Å². The molecule has 7 rings (SSSR count). The van der Waals surface area contributed by atoms with E-state index >= 15 is 4.39 Å². The number of fused-ring (bicyclic) bond motifs is 3. The van der Waals surface area contributed by atoms with Crippen LogP contribution in [0.15, 0.2) is 55.1 Å². The molecule has 3 aromatic carbocycles. The molecule has 2 atom stereocenters. The van der Waals surface area contributed by atoms with Crippen LogP contribution in [0.5, 0.6) is 6.01 Å². The predicted octanol–water partition coefficient (Wildman–Crippen LogP) is 6.40. The van der Waals surface area contributed by atoms with Crippen molar-refractivity contribution < 1.29 is 18.6 Å². The molecule has 0 radical (unpaired) electrons. The fraction of sp³-hybridized carbons (Fsp3) is 0.412. The smallest absolute Gasteiger partial charge is 0.319 e. The Morgan fingerprint density at radius 3 is 2.61 bits per heavy atom. The first kappa shape index (κ1) is 29.3. The lowest BCUT2D eigenvalue weighted by Crippen LogP contribution is -2.55. The SMILES string of the molecule is C=CC(O)N1CCN(c2nc(OCC34CCCN3CCC4)nc3c(F)c(-c4cccc5ccc(F)c(Cl)c45)ccc23)[C@@H](C)C1. The summed E-state index contributed by atoms with van der Waals surface area (Å²) in [4.78, 5) is 16.1. The Morgan fingerprint density at radius 1 is 1.07 bits per heavy atom. The standard InChI is InChI=1S/C34H36ClF2N5O2/c1-3-27(43)40-17-18-42(21(2)19-40)32-25-11-10-24(23-8-4-7-22-9-12-26(36)29(35)28(22)23)30(37)31(25)38-33(39-32)44-20-34-13-5-15-41(34)16-6-14-34/h3-4,7-12,21,27,43H,1,5-6,13-20H2,2H3/t21-,27?/m0/s1. The monoisotopic (exact) mass is 619 g/mol. The molecule has 1 aromatic heterocycles. The third kappa shape index (κ3) is 4.90. The molecular weight excluding hydrogens is 584 g/mol. The van der Waals surface area contributed by atoms with Crippen LogP contribution in [0, 0.1) is 11.6 Å². The van der Waals surface area contributed by atoms with Gasteiger partial charge in [0.1, 0.15) is 30.0 Å². The summed E-state index contributed by atoms with van der Waals surface area (Å²) in [6, 6.07) is 12.0. The first-order valence-corrected chi connectivity index (χ1v) is 15.7. The Labute approximate surface area is 260 Å². The van der Waals surface area contributed by atoms with Crippen molar-refractivity contribution in [1.82, 2.24) is 19.8 Å². The molecule has 3 saturated heterocycles. The van der Waals surface area contributed by atoms with E-state index in [1.807, 2.05) is 23.1 Å². The first-order chi connectivity index (χ1) is 21.3. The van der Waals surface area contributed by atoms with E-state index in [2.05, 4.69) is 28.3 Å². The molecule has 10 heteroatoms. The number of rotatable bonds is 7. The maximum atomic E-state index is 16.7. The number of nitrogens with zero attached hydrogens (tertiary/aromatic N) is 5. The average molecular weight is 620 g/mol. The van der Waals surface area contributed by atoms with Gasteiger partial charge in [0.2, 0.25) is 0 Å². The second-order valence-corrected chi connectivity index (χ2v) is 12.7. The van der Waals surface area contributed by atoms with Crippen LogP contribution in [0.2, 0.25) is 5.02 Å². The summed E-state index contributed by atoms with van der Waals surface area (Å²) in [7, 11) is 0. The van der Waals surface area contributed by atoms with Crippen molar-refractivity contribution in [1.29, 1.82) is 0 Å². The van der Waals surface area contributed by atoms with Crippen molar-refractivity contribution in [3.05, 3.63) is 71.8 Å². The molecule has 0 saturated carbocycles. The van der Waals surface area contributed by atoms with Crippen molar-refractivity contribution in [2.24, 2.45) is 0 Å². The third-order valence-electron chi connectivity index (χ3n) is 9.79. The summed E-state index contributed by atoms with van der Waals surface area (Å²) in [5, 5.41) is 12.0. The van der Waals surface area contributed by atoms with E-state index in [0.717, 1.165) is 38.8 Å². The summed E-state index contributed by atoms with van der Waals surface area (Å²) in [5.41, 5.74) is 0.873. The molecule has 3 aliphatic rings. The highest BCUT2D eigenvalue weighted by Crippen LogP contribution is 2.41. The third-order valence-corrected chi connectivity index (χ3v) is 10.2.